The zero-order valence-corrected chi connectivity index (χ0v) is 21.8. The summed E-state index contributed by atoms with van der Waals surface area (Å²) < 4.78 is 36.4. The molecule has 2 atom stereocenters. The summed E-state index contributed by atoms with van der Waals surface area (Å²) >= 11 is 0. The number of fused-ring (bicyclic) bond motifs is 5. The van der Waals surface area contributed by atoms with Crippen LogP contribution in [-0.2, 0) is 16.6 Å². The Morgan fingerprint density at radius 2 is 2.00 bits per heavy atom. The van der Waals surface area contributed by atoms with Gasteiger partial charge >= 0.3 is 6.09 Å². The van der Waals surface area contributed by atoms with Crippen LogP contribution >= 0.6 is 0 Å². The molecule has 0 fully saturated rings. The van der Waals surface area contributed by atoms with E-state index < -0.39 is 41.2 Å². The Balaban J connectivity index is 1.51. The van der Waals surface area contributed by atoms with E-state index in [1.807, 2.05) is 0 Å². The van der Waals surface area contributed by atoms with Crippen molar-refractivity contribution in [3.05, 3.63) is 77.9 Å². The number of aromatic nitrogens is 3. The highest BCUT2D eigenvalue weighted by Gasteiger charge is 2.26. The fourth-order valence-electron chi connectivity index (χ4n) is 4.55. The van der Waals surface area contributed by atoms with Crippen LogP contribution in [0.3, 0.4) is 0 Å². The molecule has 0 spiro atoms. The van der Waals surface area contributed by atoms with Crippen molar-refractivity contribution < 1.29 is 27.9 Å². The molecule has 2 aromatic heterocycles. The molecule has 1 aliphatic heterocycles. The summed E-state index contributed by atoms with van der Waals surface area (Å²) in [6.45, 7) is 1.70. The third kappa shape index (κ3) is 5.03. The van der Waals surface area contributed by atoms with E-state index in [4.69, 9.17) is 0 Å². The van der Waals surface area contributed by atoms with E-state index in [9.17, 15) is 18.8 Å². The average molecular weight is 549 g/mol. The number of anilines is 2. The molecule has 4 aromatic rings. The molecule has 206 valence electrons. The lowest BCUT2D eigenvalue weighted by molar-refractivity contribution is -0.118. The lowest BCUT2D eigenvalue weighted by Gasteiger charge is -2.18. The first-order valence-corrected chi connectivity index (χ1v) is 12.4. The van der Waals surface area contributed by atoms with Gasteiger partial charge in [-0.3, -0.25) is 14.9 Å². The summed E-state index contributed by atoms with van der Waals surface area (Å²) in [7, 11) is 2.89. The van der Waals surface area contributed by atoms with E-state index >= 15 is 4.39 Å². The van der Waals surface area contributed by atoms with Crippen LogP contribution in [-0.4, -0.2) is 39.6 Å². The van der Waals surface area contributed by atoms with Gasteiger partial charge in [0.1, 0.15) is 23.0 Å². The van der Waals surface area contributed by atoms with Gasteiger partial charge in [0, 0.05) is 29.9 Å². The van der Waals surface area contributed by atoms with Crippen LogP contribution in [0.1, 0.15) is 35.6 Å². The van der Waals surface area contributed by atoms with Crippen molar-refractivity contribution in [1.82, 2.24) is 19.9 Å². The standard InChI is InChI=1S/C28H26F2N6O4/c1-14-5-4-6-19(34-27(38)23-18(29)12-22-17(24(23)30)9-10-36(22)2)25-31-13-21(33-25)16-8-7-15(32-28(39)40-3)11-20(16)35-26(14)37/h4-5,7-14,19H,6H2,1-3H3,(H,31,33)(H,32,39)(H,34,38)(H,35,37)/b5-4-. The van der Waals surface area contributed by atoms with Crippen molar-refractivity contribution in [2.45, 2.75) is 19.4 Å². The predicted molar refractivity (Wildman–Crippen MR) is 145 cm³/mol. The summed E-state index contributed by atoms with van der Waals surface area (Å²) in [5, 5.41) is 8.25. The molecule has 10 nitrogen and oxygen atoms in total. The predicted octanol–water partition coefficient (Wildman–Crippen LogP) is 5.03. The van der Waals surface area contributed by atoms with E-state index in [2.05, 4.69) is 30.7 Å². The van der Waals surface area contributed by atoms with Crippen LogP contribution in [0.4, 0.5) is 25.0 Å². The Labute approximate surface area is 227 Å². The number of carbonyl (C=O) groups is 3. The van der Waals surface area contributed by atoms with Crippen LogP contribution in [0.15, 0.2) is 54.9 Å². The van der Waals surface area contributed by atoms with Gasteiger partial charge in [-0.25, -0.2) is 18.6 Å². The zero-order chi connectivity index (χ0) is 28.6. The molecule has 3 amide bonds. The molecule has 2 unspecified atom stereocenters. The van der Waals surface area contributed by atoms with Crippen molar-refractivity contribution in [3.8, 4) is 11.3 Å². The number of rotatable bonds is 3. The van der Waals surface area contributed by atoms with Gasteiger partial charge in [-0.05, 0) is 36.8 Å². The monoisotopic (exact) mass is 548 g/mol. The molecule has 4 N–H and O–H groups in total. The number of hydrogen-bond donors (Lipinski definition) is 4. The number of aromatic amines is 1. The number of aryl methyl sites for hydroxylation is 1. The fraction of sp³-hybridized carbons (Fsp3) is 0.214. The Morgan fingerprint density at radius 1 is 1.20 bits per heavy atom. The number of nitrogens with zero attached hydrogens (tertiary/aromatic N) is 2. The molecular weight excluding hydrogens is 522 g/mol. The molecule has 12 heteroatoms. The van der Waals surface area contributed by atoms with Crippen LogP contribution in [0.2, 0.25) is 0 Å². The third-order valence-corrected chi connectivity index (χ3v) is 6.75. The summed E-state index contributed by atoms with van der Waals surface area (Å²) in [5.74, 6) is -3.39. The SMILES string of the molecule is COC(=O)Nc1ccc2c(c1)NC(=O)C(C)/C=C\CC(NC(=O)c1c(F)cc3c(ccn3C)c1F)c1ncc-2[nH]1. The molecule has 0 saturated heterocycles. The van der Waals surface area contributed by atoms with Gasteiger partial charge in [-0.2, -0.15) is 0 Å². The molecule has 40 heavy (non-hydrogen) atoms. The highest BCUT2D eigenvalue weighted by Crippen LogP contribution is 2.32. The first kappa shape index (κ1) is 26.6. The summed E-state index contributed by atoms with van der Waals surface area (Å²) in [4.78, 5) is 45.3. The number of methoxy groups -OCH3 is 1. The normalized spacial score (nSPS) is 17.7. The third-order valence-electron chi connectivity index (χ3n) is 6.75. The number of benzene rings is 2. The first-order valence-electron chi connectivity index (χ1n) is 12.4. The smallest absolute Gasteiger partial charge is 0.411 e. The molecule has 2 bridgehead atoms. The van der Waals surface area contributed by atoms with Crippen molar-refractivity contribution in [3.63, 3.8) is 0 Å². The van der Waals surface area contributed by atoms with Crippen LogP contribution < -0.4 is 16.0 Å². The Hall–Kier alpha value is -5.00. The number of carbonyl (C=O) groups excluding carboxylic acids is 3. The summed E-state index contributed by atoms with van der Waals surface area (Å²) in [6.07, 6.45) is 5.99. The van der Waals surface area contributed by atoms with Gasteiger partial charge in [0.15, 0.2) is 0 Å². The molecule has 0 aliphatic carbocycles. The number of imidazole rings is 1. The van der Waals surface area contributed by atoms with Gasteiger partial charge in [0.05, 0.1) is 42.2 Å². The summed E-state index contributed by atoms with van der Waals surface area (Å²) in [5.41, 5.74) is 1.50. The minimum absolute atomic E-state index is 0.130. The zero-order valence-electron chi connectivity index (χ0n) is 21.8. The quantitative estimate of drug-likeness (QED) is 0.267. The van der Waals surface area contributed by atoms with Crippen LogP contribution in [0.25, 0.3) is 22.2 Å². The van der Waals surface area contributed by atoms with Crippen LogP contribution in [0, 0.1) is 17.6 Å². The molecule has 1 aliphatic rings. The highest BCUT2D eigenvalue weighted by atomic mass is 19.1. The van der Waals surface area contributed by atoms with Gasteiger partial charge in [0.2, 0.25) is 5.91 Å². The highest BCUT2D eigenvalue weighted by molar-refractivity contribution is 6.00. The summed E-state index contributed by atoms with van der Waals surface area (Å²) in [6, 6.07) is 6.70. The second kappa shape index (κ2) is 10.6. The molecule has 3 heterocycles. The van der Waals surface area contributed by atoms with Gasteiger partial charge in [-0.1, -0.05) is 19.1 Å². The van der Waals surface area contributed by atoms with Crippen LogP contribution in [0.5, 0.6) is 0 Å². The Bertz CT molecular complexity index is 1670. The fourth-order valence-corrected chi connectivity index (χ4v) is 4.55. The van der Waals surface area contributed by atoms with Gasteiger partial charge in [-0.15, -0.1) is 0 Å². The number of halogens is 2. The van der Waals surface area contributed by atoms with E-state index in [1.54, 1.807) is 55.1 Å². The molecule has 0 radical (unpaired) electrons. The maximum Gasteiger partial charge on any atom is 0.411 e. The topological polar surface area (TPSA) is 130 Å². The lowest BCUT2D eigenvalue weighted by Crippen LogP contribution is -2.30. The Morgan fingerprint density at radius 3 is 2.77 bits per heavy atom. The average Bonchev–Trinajstić information content (AvgIpc) is 3.55. The molecular formula is C28H26F2N6O4. The van der Waals surface area contributed by atoms with Crippen molar-refractivity contribution in [1.29, 1.82) is 0 Å². The lowest BCUT2D eigenvalue weighted by atomic mass is 10.0. The van der Waals surface area contributed by atoms with Gasteiger partial charge in [0.25, 0.3) is 5.91 Å². The van der Waals surface area contributed by atoms with E-state index in [0.717, 1.165) is 6.07 Å². The number of H-pyrrole nitrogens is 1. The first-order chi connectivity index (χ1) is 19.2. The maximum atomic E-state index is 15.2. The number of amides is 3. The molecule has 0 saturated carbocycles. The van der Waals surface area contributed by atoms with Crippen molar-refractivity contribution in [2.75, 3.05) is 17.7 Å². The molecule has 2 aromatic carbocycles. The second-order valence-corrected chi connectivity index (χ2v) is 9.43. The molecule has 5 rings (SSSR count). The minimum atomic E-state index is -0.983. The maximum absolute atomic E-state index is 15.2. The number of hydrogen-bond acceptors (Lipinski definition) is 5. The van der Waals surface area contributed by atoms with E-state index in [0.29, 0.717) is 34.0 Å². The van der Waals surface area contributed by atoms with Crippen molar-refractivity contribution in [2.24, 2.45) is 13.0 Å². The van der Waals surface area contributed by atoms with E-state index in [-0.39, 0.29) is 17.7 Å². The minimum Gasteiger partial charge on any atom is -0.453 e. The van der Waals surface area contributed by atoms with E-state index in [1.165, 1.54) is 19.4 Å². The largest absolute Gasteiger partial charge is 0.453 e. The number of ether oxygens (including phenoxy) is 1. The second-order valence-electron chi connectivity index (χ2n) is 9.43. The van der Waals surface area contributed by atoms with Crippen molar-refractivity contribution >= 4 is 40.2 Å². The number of nitrogens with one attached hydrogen (secondary N) is 4. The Kier molecular flexibility index (Phi) is 7.07. The van der Waals surface area contributed by atoms with Gasteiger partial charge < -0.3 is 24.9 Å².